The number of halogens is 1. The molecule has 3 rings (SSSR count). The summed E-state index contributed by atoms with van der Waals surface area (Å²) in [4.78, 5) is 18.2. The van der Waals surface area contributed by atoms with E-state index in [-0.39, 0.29) is 29.4 Å². The van der Waals surface area contributed by atoms with Crippen LogP contribution in [0, 0.1) is 0 Å². The number of hydrogen-bond donors (Lipinski definition) is 1. The Kier molecular flexibility index (Phi) is 5.02. The van der Waals surface area contributed by atoms with Gasteiger partial charge in [0.2, 0.25) is 0 Å². The SMILES string of the molecule is C[C@@H]1[C@H](c2ccc(Cl)nc2)OC(=S)N1C(=O)NC1CCCCC1. The zero-order valence-electron chi connectivity index (χ0n) is 13.0. The van der Waals surface area contributed by atoms with Crippen molar-refractivity contribution < 1.29 is 9.53 Å². The fourth-order valence-electron chi connectivity index (χ4n) is 3.23. The van der Waals surface area contributed by atoms with Crippen molar-refractivity contribution in [1.82, 2.24) is 15.2 Å². The van der Waals surface area contributed by atoms with E-state index in [1.165, 1.54) is 24.2 Å². The van der Waals surface area contributed by atoms with Gasteiger partial charge in [-0.3, -0.25) is 0 Å². The lowest BCUT2D eigenvalue weighted by Gasteiger charge is -2.27. The highest BCUT2D eigenvalue weighted by molar-refractivity contribution is 7.80. The van der Waals surface area contributed by atoms with Crippen molar-refractivity contribution in [1.29, 1.82) is 0 Å². The number of pyridine rings is 1. The summed E-state index contributed by atoms with van der Waals surface area (Å²) in [6, 6.07) is 3.44. The molecular formula is C16H20ClN3O2S. The Morgan fingerprint density at radius 2 is 2.13 bits per heavy atom. The first-order chi connectivity index (χ1) is 11.1. The average molecular weight is 354 g/mol. The van der Waals surface area contributed by atoms with Crippen LogP contribution in [0.1, 0.15) is 50.7 Å². The van der Waals surface area contributed by atoms with Crippen molar-refractivity contribution in [3.05, 3.63) is 29.0 Å². The van der Waals surface area contributed by atoms with E-state index in [9.17, 15) is 4.79 Å². The summed E-state index contributed by atoms with van der Waals surface area (Å²) in [5, 5.41) is 3.72. The molecule has 0 spiro atoms. The van der Waals surface area contributed by atoms with Crippen LogP contribution in [0.25, 0.3) is 0 Å². The highest BCUT2D eigenvalue weighted by Crippen LogP contribution is 2.32. The van der Waals surface area contributed by atoms with E-state index >= 15 is 0 Å². The van der Waals surface area contributed by atoms with E-state index in [2.05, 4.69) is 10.3 Å². The molecule has 1 aromatic heterocycles. The van der Waals surface area contributed by atoms with Gasteiger partial charge >= 0.3 is 6.03 Å². The smallest absolute Gasteiger partial charge is 0.325 e. The lowest BCUT2D eigenvalue weighted by molar-refractivity contribution is 0.188. The lowest BCUT2D eigenvalue weighted by atomic mass is 9.96. The van der Waals surface area contributed by atoms with Gasteiger partial charge in [-0.2, -0.15) is 0 Å². The second-order valence-corrected chi connectivity index (χ2v) is 6.85. The molecule has 0 unspecified atom stereocenters. The molecule has 7 heteroatoms. The maximum atomic E-state index is 12.6. The zero-order valence-corrected chi connectivity index (χ0v) is 14.6. The normalized spacial score (nSPS) is 25.3. The molecule has 2 heterocycles. The Morgan fingerprint density at radius 1 is 1.39 bits per heavy atom. The van der Waals surface area contributed by atoms with Crippen molar-refractivity contribution in [2.24, 2.45) is 0 Å². The highest BCUT2D eigenvalue weighted by Gasteiger charge is 2.41. The lowest BCUT2D eigenvalue weighted by Crippen LogP contribution is -2.48. The molecule has 23 heavy (non-hydrogen) atoms. The number of rotatable bonds is 2. The number of nitrogens with one attached hydrogen (secondary N) is 1. The number of urea groups is 1. The standard InChI is InChI=1S/C16H20ClN3O2S/c1-10-14(11-7-8-13(17)18-9-11)22-16(23)20(10)15(21)19-12-5-3-2-4-6-12/h7-10,12,14H,2-6H2,1H3,(H,19,21)/t10-,14-/m1/s1. The minimum Gasteiger partial charge on any atom is -0.460 e. The topological polar surface area (TPSA) is 54.5 Å². The summed E-state index contributed by atoms with van der Waals surface area (Å²) < 4.78 is 5.74. The molecule has 0 aromatic carbocycles. The van der Waals surface area contributed by atoms with Crippen molar-refractivity contribution in [3.8, 4) is 0 Å². The number of aromatic nitrogens is 1. The van der Waals surface area contributed by atoms with Crippen LogP contribution in [0.3, 0.4) is 0 Å². The summed E-state index contributed by atoms with van der Waals surface area (Å²) in [5.41, 5.74) is 0.859. The fraction of sp³-hybridized carbons (Fsp3) is 0.562. The minimum absolute atomic E-state index is 0.168. The maximum absolute atomic E-state index is 12.6. The van der Waals surface area contributed by atoms with Gasteiger partial charge in [-0.15, -0.1) is 0 Å². The average Bonchev–Trinajstić information content (AvgIpc) is 2.84. The van der Waals surface area contributed by atoms with Crippen LogP contribution < -0.4 is 5.32 Å². The number of ether oxygens (including phenoxy) is 1. The van der Waals surface area contributed by atoms with Gasteiger partial charge in [0.1, 0.15) is 11.3 Å². The van der Waals surface area contributed by atoms with Gasteiger partial charge in [-0.1, -0.05) is 36.9 Å². The third-order valence-corrected chi connectivity index (χ3v) is 5.02. The first kappa shape index (κ1) is 16.5. The van der Waals surface area contributed by atoms with Crippen LogP contribution in [-0.4, -0.2) is 33.2 Å². The number of carbonyl (C=O) groups is 1. The third-order valence-electron chi connectivity index (χ3n) is 4.50. The second kappa shape index (κ2) is 7.01. The van der Waals surface area contributed by atoms with Gasteiger partial charge in [0.25, 0.3) is 5.17 Å². The molecule has 1 aromatic rings. The molecule has 0 radical (unpaired) electrons. The molecule has 1 aliphatic heterocycles. The van der Waals surface area contributed by atoms with Gasteiger partial charge in [0, 0.05) is 17.8 Å². The summed E-state index contributed by atoms with van der Waals surface area (Å²) >= 11 is 11.1. The molecule has 1 saturated carbocycles. The monoisotopic (exact) mass is 353 g/mol. The second-order valence-electron chi connectivity index (χ2n) is 6.11. The van der Waals surface area contributed by atoms with Gasteiger partial charge in [-0.05, 0) is 38.0 Å². The first-order valence-electron chi connectivity index (χ1n) is 7.98. The number of nitrogens with zero attached hydrogens (tertiary/aromatic N) is 2. The Labute approximate surface area is 146 Å². The van der Waals surface area contributed by atoms with Crippen LogP contribution in [0.4, 0.5) is 4.79 Å². The number of carbonyl (C=O) groups excluding carboxylic acids is 1. The Bertz CT molecular complexity index is 589. The molecule has 5 nitrogen and oxygen atoms in total. The Hall–Kier alpha value is -1.40. The van der Waals surface area contributed by atoms with Crippen LogP contribution in [0.15, 0.2) is 18.3 Å². The maximum Gasteiger partial charge on any atom is 0.325 e. The summed E-state index contributed by atoms with van der Waals surface area (Å²) in [5.74, 6) is 0. The van der Waals surface area contributed by atoms with Crippen molar-refractivity contribution in [3.63, 3.8) is 0 Å². The first-order valence-corrected chi connectivity index (χ1v) is 8.76. The predicted molar refractivity (Wildman–Crippen MR) is 92.4 cm³/mol. The van der Waals surface area contributed by atoms with E-state index in [0.717, 1.165) is 18.4 Å². The molecular weight excluding hydrogens is 334 g/mol. The molecule has 1 saturated heterocycles. The third kappa shape index (κ3) is 3.58. The van der Waals surface area contributed by atoms with E-state index in [1.54, 1.807) is 12.3 Å². The Morgan fingerprint density at radius 3 is 2.78 bits per heavy atom. The van der Waals surface area contributed by atoms with Crippen LogP contribution in [0.5, 0.6) is 0 Å². The quantitative estimate of drug-likeness (QED) is 0.648. The highest BCUT2D eigenvalue weighted by atomic mass is 35.5. The van der Waals surface area contributed by atoms with Crippen LogP contribution in [0.2, 0.25) is 5.15 Å². The number of thiocarbonyl (C=S) groups is 1. The minimum atomic E-state index is -0.315. The molecule has 0 bridgehead atoms. The van der Waals surface area contributed by atoms with Gasteiger partial charge in [-0.25, -0.2) is 14.7 Å². The van der Waals surface area contributed by atoms with Gasteiger partial charge in [0.15, 0.2) is 0 Å². The van der Waals surface area contributed by atoms with Gasteiger partial charge in [0.05, 0.1) is 6.04 Å². The predicted octanol–water partition coefficient (Wildman–Crippen LogP) is 3.82. The molecule has 1 N–H and O–H groups in total. The Balaban J connectivity index is 1.69. The largest absolute Gasteiger partial charge is 0.460 e. The number of amides is 2. The van der Waals surface area contributed by atoms with Crippen molar-refractivity contribution in [2.45, 2.75) is 57.2 Å². The zero-order chi connectivity index (χ0) is 16.4. The molecule has 2 atom stereocenters. The molecule has 1 aliphatic carbocycles. The van der Waals surface area contributed by atoms with E-state index in [0.29, 0.717) is 5.15 Å². The summed E-state index contributed by atoms with van der Waals surface area (Å²) in [6.45, 7) is 1.93. The molecule has 124 valence electrons. The van der Waals surface area contributed by atoms with Crippen LogP contribution in [-0.2, 0) is 4.74 Å². The van der Waals surface area contributed by atoms with Gasteiger partial charge < -0.3 is 10.1 Å². The molecule has 2 aliphatic rings. The fourth-order valence-corrected chi connectivity index (χ4v) is 3.69. The van der Waals surface area contributed by atoms with Crippen molar-refractivity contribution >= 4 is 35.0 Å². The van der Waals surface area contributed by atoms with Crippen molar-refractivity contribution in [2.75, 3.05) is 0 Å². The summed E-state index contributed by atoms with van der Waals surface area (Å²) in [7, 11) is 0. The van der Waals surface area contributed by atoms with E-state index in [1.807, 2.05) is 13.0 Å². The molecule has 2 fully saturated rings. The summed E-state index contributed by atoms with van der Waals surface area (Å²) in [6.07, 6.45) is 7.00. The molecule has 2 amide bonds. The van der Waals surface area contributed by atoms with E-state index in [4.69, 9.17) is 28.6 Å². The van der Waals surface area contributed by atoms with E-state index < -0.39 is 0 Å². The number of hydrogen-bond acceptors (Lipinski definition) is 4. The van der Waals surface area contributed by atoms with Crippen LogP contribution >= 0.6 is 23.8 Å².